The fourth-order valence-electron chi connectivity index (χ4n) is 1.36. The van der Waals surface area contributed by atoms with Gasteiger partial charge in [0.15, 0.2) is 9.84 Å². The number of carbonyl (C=O) groups is 2. The molecule has 5 nitrogen and oxygen atoms in total. The molecule has 1 aromatic carbocycles. The first-order valence-corrected chi connectivity index (χ1v) is 7.11. The lowest BCUT2D eigenvalue weighted by Gasteiger charge is -2.05. The van der Waals surface area contributed by atoms with Gasteiger partial charge in [0.05, 0.1) is 17.1 Å². The number of benzene rings is 1. The van der Waals surface area contributed by atoms with Gasteiger partial charge in [-0.2, -0.15) is 0 Å². The Hall–Kier alpha value is -1.69. The minimum atomic E-state index is -3.38. The number of nitrogens with one attached hydrogen (secondary N) is 1. The lowest BCUT2D eigenvalue weighted by molar-refractivity contribution is -0.127. The van der Waals surface area contributed by atoms with Gasteiger partial charge in [-0.05, 0) is 19.1 Å². The summed E-state index contributed by atoms with van der Waals surface area (Å²) in [6.07, 6.45) is -0.217. The Morgan fingerprint density at radius 1 is 1.17 bits per heavy atom. The molecule has 18 heavy (non-hydrogen) atoms. The summed E-state index contributed by atoms with van der Waals surface area (Å²) in [5.41, 5.74) is 0. The van der Waals surface area contributed by atoms with Crippen molar-refractivity contribution in [3.8, 4) is 0 Å². The lowest BCUT2D eigenvalue weighted by atomic mass is 10.3. The highest BCUT2D eigenvalue weighted by atomic mass is 32.2. The molecule has 0 bridgehead atoms. The fraction of sp³-hybridized carbons (Fsp3) is 0.333. The number of carbonyl (C=O) groups excluding carboxylic acids is 2. The van der Waals surface area contributed by atoms with E-state index in [0.717, 1.165) is 0 Å². The van der Waals surface area contributed by atoms with E-state index in [2.05, 4.69) is 5.32 Å². The Morgan fingerprint density at radius 2 is 1.78 bits per heavy atom. The smallest absolute Gasteiger partial charge is 0.227 e. The Kier molecular flexibility index (Phi) is 5.03. The molecule has 0 aliphatic rings. The van der Waals surface area contributed by atoms with E-state index in [9.17, 15) is 18.0 Å². The van der Waals surface area contributed by atoms with Crippen LogP contribution in [0.25, 0.3) is 0 Å². The molecule has 0 atom stereocenters. The molecule has 1 N–H and O–H groups in total. The normalized spacial score (nSPS) is 10.9. The monoisotopic (exact) mass is 269 g/mol. The van der Waals surface area contributed by atoms with Gasteiger partial charge in [0.1, 0.15) is 5.78 Å². The average Bonchev–Trinajstić information content (AvgIpc) is 2.29. The summed E-state index contributed by atoms with van der Waals surface area (Å²) in [7, 11) is -3.38. The fourth-order valence-corrected chi connectivity index (χ4v) is 2.54. The van der Waals surface area contributed by atoms with Gasteiger partial charge in [0.2, 0.25) is 5.91 Å². The molecule has 0 radical (unpaired) electrons. The van der Waals surface area contributed by atoms with Gasteiger partial charge < -0.3 is 5.32 Å². The molecular formula is C12H15NO4S. The molecule has 0 aliphatic carbocycles. The number of ketones is 1. The van der Waals surface area contributed by atoms with Gasteiger partial charge in [-0.15, -0.1) is 0 Å². The first-order chi connectivity index (χ1) is 8.42. The van der Waals surface area contributed by atoms with Crippen LogP contribution in [0.1, 0.15) is 13.3 Å². The third-order valence-corrected chi connectivity index (χ3v) is 3.94. The van der Waals surface area contributed by atoms with E-state index in [1.54, 1.807) is 18.2 Å². The van der Waals surface area contributed by atoms with E-state index in [1.807, 2.05) is 0 Å². The Balaban J connectivity index is 2.49. The van der Waals surface area contributed by atoms with Crippen LogP contribution in [0.3, 0.4) is 0 Å². The van der Waals surface area contributed by atoms with Crippen LogP contribution in [0.15, 0.2) is 35.2 Å². The molecule has 0 fully saturated rings. The topological polar surface area (TPSA) is 80.3 Å². The summed E-state index contributed by atoms with van der Waals surface area (Å²) < 4.78 is 23.6. The number of hydrogen-bond donors (Lipinski definition) is 1. The van der Waals surface area contributed by atoms with Crippen LogP contribution in [0.4, 0.5) is 0 Å². The van der Waals surface area contributed by atoms with Crippen LogP contribution in [0.2, 0.25) is 0 Å². The molecule has 0 aliphatic heterocycles. The standard InChI is InChI=1S/C12H15NO4S/c1-10(14)9-12(15)13-7-8-18(16,17)11-5-3-2-4-6-11/h2-6H,7-9H2,1H3,(H,13,15). The van der Waals surface area contributed by atoms with Crippen molar-refractivity contribution in [1.82, 2.24) is 5.32 Å². The van der Waals surface area contributed by atoms with E-state index in [1.165, 1.54) is 19.1 Å². The minimum Gasteiger partial charge on any atom is -0.355 e. The quantitative estimate of drug-likeness (QED) is 0.765. The zero-order valence-corrected chi connectivity index (χ0v) is 10.9. The van der Waals surface area contributed by atoms with Gasteiger partial charge in [-0.3, -0.25) is 9.59 Å². The maximum atomic E-state index is 11.8. The van der Waals surface area contributed by atoms with E-state index < -0.39 is 15.7 Å². The highest BCUT2D eigenvalue weighted by Gasteiger charge is 2.14. The molecule has 0 aromatic heterocycles. The van der Waals surface area contributed by atoms with Crippen molar-refractivity contribution < 1.29 is 18.0 Å². The molecule has 0 spiro atoms. The third kappa shape index (κ3) is 4.67. The van der Waals surface area contributed by atoms with Crippen molar-refractivity contribution >= 4 is 21.5 Å². The van der Waals surface area contributed by atoms with Crippen molar-refractivity contribution in [1.29, 1.82) is 0 Å². The van der Waals surface area contributed by atoms with Crippen molar-refractivity contribution in [2.75, 3.05) is 12.3 Å². The van der Waals surface area contributed by atoms with Crippen molar-refractivity contribution in [3.05, 3.63) is 30.3 Å². The predicted octanol–water partition coefficient (Wildman–Crippen LogP) is 0.556. The van der Waals surface area contributed by atoms with Crippen molar-refractivity contribution in [2.24, 2.45) is 0 Å². The van der Waals surface area contributed by atoms with Crippen LogP contribution < -0.4 is 5.32 Å². The summed E-state index contributed by atoms with van der Waals surface area (Å²) in [4.78, 5) is 22.0. The van der Waals surface area contributed by atoms with Gasteiger partial charge >= 0.3 is 0 Å². The number of hydrogen-bond acceptors (Lipinski definition) is 4. The number of rotatable bonds is 6. The van der Waals surface area contributed by atoms with Crippen molar-refractivity contribution in [3.63, 3.8) is 0 Å². The summed E-state index contributed by atoms with van der Waals surface area (Å²) in [5.74, 6) is -0.884. The van der Waals surface area contributed by atoms with Crippen LogP contribution >= 0.6 is 0 Å². The van der Waals surface area contributed by atoms with Crippen molar-refractivity contribution in [2.45, 2.75) is 18.2 Å². The van der Waals surface area contributed by atoms with Crippen LogP contribution in [0.5, 0.6) is 0 Å². The maximum Gasteiger partial charge on any atom is 0.227 e. The molecule has 0 heterocycles. The molecule has 0 saturated heterocycles. The largest absolute Gasteiger partial charge is 0.355 e. The average molecular weight is 269 g/mol. The summed E-state index contributed by atoms with van der Waals surface area (Å²) in [5, 5.41) is 2.40. The Labute approximate surface area is 106 Å². The molecule has 0 saturated carbocycles. The van der Waals surface area contributed by atoms with E-state index >= 15 is 0 Å². The minimum absolute atomic E-state index is 0.00331. The Bertz CT molecular complexity index is 522. The van der Waals surface area contributed by atoms with Gasteiger partial charge in [0.25, 0.3) is 0 Å². The molecule has 1 aromatic rings. The van der Waals surface area contributed by atoms with Crippen LogP contribution in [-0.2, 0) is 19.4 Å². The summed E-state index contributed by atoms with van der Waals surface area (Å²) in [6.45, 7) is 1.31. The molecule has 1 amide bonds. The zero-order chi connectivity index (χ0) is 13.6. The molecule has 0 unspecified atom stereocenters. The second-order valence-corrected chi connectivity index (χ2v) is 5.97. The van der Waals surface area contributed by atoms with Gasteiger partial charge in [-0.25, -0.2) is 8.42 Å². The predicted molar refractivity (Wildman–Crippen MR) is 66.8 cm³/mol. The van der Waals surface area contributed by atoms with Crippen LogP contribution in [-0.4, -0.2) is 32.4 Å². The number of sulfone groups is 1. The molecule has 1 rings (SSSR count). The molecular weight excluding hydrogens is 254 g/mol. The van der Waals surface area contributed by atoms with E-state index in [0.29, 0.717) is 0 Å². The molecule has 6 heteroatoms. The van der Waals surface area contributed by atoms with Crippen LogP contribution in [0, 0.1) is 0 Å². The maximum absolute atomic E-state index is 11.8. The summed E-state index contributed by atoms with van der Waals surface area (Å²) >= 11 is 0. The second kappa shape index (κ2) is 6.30. The van der Waals surface area contributed by atoms with Gasteiger partial charge in [-0.1, -0.05) is 18.2 Å². The summed E-state index contributed by atoms with van der Waals surface area (Å²) in [6, 6.07) is 8.02. The van der Waals surface area contributed by atoms with E-state index in [4.69, 9.17) is 0 Å². The van der Waals surface area contributed by atoms with E-state index in [-0.39, 0.29) is 29.4 Å². The third-order valence-electron chi connectivity index (χ3n) is 2.20. The Morgan fingerprint density at radius 3 is 2.33 bits per heavy atom. The second-order valence-electron chi connectivity index (χ2n) is 3.86. The lowest BCUT2D eigenvalue weighted by Crippen LogP contribution is -2.30. The number of Topliss-reactive ketones (excluding diaryl/α,β-unsaturated/α-hetero) is 1. The highest BCUT2D eigenvalue weighted by Crippen LogP contribution is 2.09. The highest BCUT2D eigenvalue weighted by molar-refractivity contribution is 7.91. The first kappa shape index (κ1) is 14.4. The SMILES string of the molecule is CC(=O)CC(=O)NCCS(=O)(=O)c1ccccc1. The number of amides is 1. The molecule has 98 valence electrons. The van der Waals surface area contributed by atoms with Gasteiger partial charge in [0, 0.05) is 6.54 Å². The first-order valence-electron chi connectivity index (χ1n) is 5.46. The zero-order valence-electron chi connectivity index (χ0n) is 10.0.